The maximum absolute atomic E-state index is 10.7. The minimum Gasteiger partial charge on any atom is -0.595 e. The molecule has 0 spiro atoms. The molecule has 0 fully saturated rings. The molecular formula is C6H8NO5P. The maximum atomic E-state index is 10.7. The Balaban J connectivity index is 3.13. The second-order valence-electron chi connectivity index (χ2n) is 2.40. The van der Waals surface area contributed by atoms with Crippen molar-refractivity contribution in [2.24, 2.45) is 0 Å². The van der Waals surface area contributed by atoms with Crippen molar-refractivity contribution in [3.8, 4) is 0 Å². The third kappa shape index (κ3) is 2.60. The quantitative estimate of drug-likeness (QED) is 0.362. The zero-order valence-electron chi connectivity index (χ0n) is 6.41. The lowest BCUT2D eigenvalue weighted by Crippen LogP contribution is -2.99. The van der Waals surface area contributed by atoms with Crippen LogP contribution in [0.1, 0.15) is 0 Å². The van der Waals surface area contributed by atoms with Gasteiger partial charge in [0.05, 0.1) is 5.30 Å². The van der Waals surface area contributed by atoms with Crippen molar-refractivity contribution in [3.63, 3.8) is 0 Å². The molecule has 1 aromatic rings. The Hall–Kier alpha value is -0.750. The summed E-state index contributed by atoms with van der Waals surface area (Å²) < 4.78 is 10.7. The number of nitrogens with one attached hydrogen (secondary N) is 1. The van der Waals surface area contributed by atoms with Crippen LogP contribution in [0.2, 0.25) is 0 Å². The molecule has 0 saturated heterocycles. The van der Waals surface area contributed by atoms with Gasteiger partial charge in [0.25, 0.3) is 0 Å². The minimum absolute atomic E-state index is 0.138. The number of quaternary nitrogens is 1. The van der Waals surface area contributed by atoms with Gasteiger partial charge in [-0.25, -0.2) is 5.21 Å². The average Bonchev–Trinajstić information content (AvgIpc) is 2.03. The van der Waals surface area contributed by atoms with Crippen LogP contribution in [-0.4, -0.2) is 15.0 Å². The van der Waals surface area contributed by atoms with Gasteiger partial charge in [-0.05, 0) is 6.07 Å². The van der Waals surface area contributed by atoms with Crippen LogP contribution in [0.4, 0.5) is 5.69 Å². The Morgan fingerprint density at radius 1 is 1.38 bits per heavy atom. The summed E-state index contributed by atoms with van der Waals surface area (Å²) in [6.07, 6.45) is 0. The van der Waals surface area contributed by atoms with E-state index >= 15 is 0 Å². The highest BCUT2D eigenvalue weighted by atomic mass is 31.2. The van der Waals surface area contributed by atoms with Crippen molar-refractivity contribution in [2.75, 3.05) is 0 Å². The van der Waals surface area contributed by atoms with Crippen LogP contribution in [0.5, 0.6) is 0 Å². The summed E-state index contributed by atoms with van der Waals surface area (Å²) in [6.45, 7) is 0. The molecule has 0 bridgehead atoms. The van der Waals surface area contributed by atoms with Crippen LogP contribution < -0.4 is 10.5 Å². The van der Waals surface area contributed by atoms with E-state index in [4.69, 9.17) is 15.0 Å². The first-order valence-electron chi connectivity index (χ1n) is 3.31. The third-order valence-corrected chi connectivity index (χ3v) is 2.38. The molecule has 13 heavy (non-hydrogen) atoms. The molecule has 0 saturated carbocycles. The lowest BCUT2D eigenvalue weighted by Gasteiger charge is -2.12. The van der Waals surface area contributed by atoms with E-state index in [1.807, 2.05) is 0 Å². The first-order valence-corrected chi connectivity index (χ1v) is 4.92. The highest BCUT2D eigenvalue weighted by molar-refractivity contribution is 7.60. The van der Waals surface area contributed by atoms with E-state index in [0.717, 1.165) is 6.07 Å². The number of benzene rings is 1. The molecule has 72 valence electrons. The fourth-order valence-electron chi connectivity index (χ4n) is 0.820. The van der Waals surface area contributed by atoms with Crippen molar-refractivity contribution < 1.29 is 24.8 Å². The van der Waals surface area contributed by atoms with E-state index in [1.54, 1.807) is 0 Å². The lowest BCUT2D eigenvalue weighted by molar-refractivity contribution is -0.991. The topological polar surface area (TPSA) is 105 Å². The van der Waals surface area contributed by atoms with Gasteiger partial charge in [-0.1, -0.05) is 6.07 Å². The molecule has 0 radical (unpaired) electrons. The molecule has 0 aliphatic heterocycles. The van der Waals surface area contributed by atoms with Crippen molar-refractivity contribution in [2.45, 2.75) is 0 Å². The smallest absolute Gasteiger partial charge is 0.356 e. The van der Waals surface area contributed by atoms with Gasteiger partial charge in [0.15, 0.2) is 5.69 Å². The number of hydrogen-bond acceptors (Lipinski definition) is 3. The van der Waals surface area contributed by atoms with Crippen LogP contribution in [0.3, 0.4) is 0 Å². The Bertz CT molecular complexity index is 347. The van der Waals surface area contributed by atoms with Gasteiger partial charge in [-0.15, -0.1) is 0 Å². The maximum Gasteiger partial charge on any atom is 0.356 e. The number of hydrogen-bond donors (Lipinski definition) is 4. The van der Waals surface area contributed by atoms with Gasteiger partial charge in [0.2, 0.25) is 0 Å². The standard InChI is InChI=1S/C6H8NO5P/c8-7(9)5-2-1-3-6(4-5)13(10,11)12/h1-4,7-8H,(H2,10,11,12). The van der Waals surface area contributed by atoms with Crippen LogP contribution in [0.25, 0.3) is 0 Å². The largest absolute Gasteiger partial charge is 0.595 e. The second-order valence-corrected chi connectivity index (χ2v) is 4.00. The van der Waals surface area contributed by atoms with Crippen LogP contribution in [0, 0.1) is 5.21 Å². The third-order valence-electron chi connectivity index (χ3n) is 1.43. The molecular weight excluding hydrogens is 197 g/mol. The summed E-state index contributed by atoms with van der Waals surface area (Å²) in [5.74, 6) is 0. The second kappa shape index (κ2) is 3.55. The monoisotopic (exact) mass is 205 g/mol. The van der Waals surface area contributed by atoms with Crippen molar-refractivity contribution >= 4 is 18.6 Å². The van der Waals surface area contributed by atoms with Crippen LogP contribution in [-0.2, 0) is 4.57 Å². The highest BCUT2D eigenvalue weighted by Crippen LogP contribution is 2.33. The summed E-state index contributed by atoms with van der Waals surface area (Å²) >= 11 is 0. The first-order chi connectivity index (χ1) is 5.91. The average molecular weight is 205 g/mol. The first kappa shape index (κ1) is 10.3. The summed E-state index contributed by atoms with van der Waals surface area (Å²) in [4.78, 5) is 17.4. The summed E-state index contributed by atoms with van der Waals surface area (Å²) in [6, 6.07) is 4.70. The normalized spacial score (nSPS) is 14.2. The predicted molar refractivity (Wildman–Crippen MR) is 43.9 cm³/mol. The fourth-order valence-corrected chi connectivity index (χ4v) is 1.41. The Labute approximate surface area is 73.7 Å². The van der Waals surface area contributed by atoms with Gasteiger partial charge in [-0.3, -0.25) is 4.57 Å². The Morgan fingerprint density at radius 2 is 2.00 bits per heavy atom. The van der Waals surface area contributed by atoms with Gasteiger partial charge in [-0.2, -0.15) is 5.23 Å². The van der Waals surface area contributed by atoms with Crippen LogP contribution >= 0.6 is 7.60 Å². The molecule has 7 heteroatoms. The van der Waals surface area contributed by atoms with Gasteiger partial charge in [0.1, 0.15) is 0 Å². The minimum atomic E-state index is -4.35. The Morgan fingerprint density at radius 3 is 2.46 bits per heavy atom. The van der Waals surface area contributed by atoms with E-state index in [0.29, 0.717) is 0 Å². The zero-order valence-corrected chi connectivity index (χ0v) is 7.31. The van der Waals surface area contributed by atoms with Crippen LogP contribution in [0.15, 0.2) is 24.3 Å². The molecule has 0 heterocycles. The molecule has 1 rings (SSSR count). The van der Waals surface area contributed by atoms with Gasteiger partial charge < -0.3 is 15.0 Å². The van der Waals surface area contributed by atoms with Crippen molar-refractivity contribution in [1.29, 1.82) is 0 Å². The van der Waals surface area contributed by atoms with Crippen molar-refractivity contribution in [1.82, 2.24) is 0 Å². The molecule has 0 aliphatic rings. The van der Waals surface area contributed by atoms with E-state index < -0.39 is 12.8 Å². The van der Waals surface area contributed by atoms with E-state index in [2.05, 4.69) is 0 Å². The summed E-state index contributed by atoms with van der Waals surface area (Å²) in [5, 5.41) is 17.5. The molecule has 1 aromatic carbocycles. The van der Waals surface area contributed by atoms with Crippen molar-refractivity contribution in [3.05, 3.63) is 29.5 Å². The summed E-state index contributed by atoms with van der Waals surface area (Å²) in [7, 11) is -4.35. The summed E-state index contributed by atoms with van der Waals surface area (Å²) in [5.41, 5.74) is -0.138. The molecule has 0 aromatic heterocycles. The van der Waals surface area contributed by atoms with Gasteiger partial charge in [0, 0.05) is 12.1 Å². The predicted octanol–water partition coefficient (Wildman–Crippen LogP) is -1.11. The lowest BCUT2D eigenvalue weighted by atomic mass is 10.3. The van der Waals surface area contributed by atoms with E-state index in [9.17, 15) is 9.77 Å². The zero-order chi connectivity index (χ0) is 10.1. The molecule has 6 nitrogen and oxygen atoms in total. The molecule has 1 atom stereocenters. The van der Waals surface area contributed by atoms with E-state index in [1.165, 1.54) is 18.2 Å². The Kier molecular flexibility index (Phi) is 2.82. The molecule has 0 amide bonds. The number of rotatable bonds is 2. The van der Waals surface area contributed by atoms with E-state index in [-0.39, 0.29) is 11.0 Å². The molecule has 1 unspecified atom stereocenters. The molecule has 4 N–H and O–H groups in total. The fraction of sp³-hybridized carbons (Fsp3) is 0. The van der Waals surface area contributed by atoms with Gasteiger partial charge >= 0.3 is 7.60 Å². The SMILES string of the molecule is O=P(O)(O)c1cccc([NH+]([O-])O)c1. The molecule has 0 aliphatic carbocycles. The highest BCUT2D eigenvalue weighted by Gasteiger charge is 2.18.